The standard InChI is InChI=1S/C17H15Cl3N4O4/c1-2-28-16(25)9-15(21-11-3-5-12(6-4-11)24(26)27)22-23-17-13(19)7-10(18)8-14(17)20/h3-8,23H,2,9H2,1H3,(H,21,22). The molecule has 0 aliphatic carbocycles. The number of nitro benzene ring substituents is 1. The number of rotatable bonds is 7. The van der Waals surface area contributed by atoms with Gasteiger partial charge in [-0.25, -0.2) is 4.99 Å². The third-order valence-corrected chi connectivity index (χ3v) is 4.09. The molecule has 28 heavy (non-hydrogen) atoms. The van der Waals surface area contributed by atoms with Crippen LogP contribution in [0, 0.1) is 10.1 Å². The lowest BCUT2D eigenvalue weighted by Gasteiger charge is -2.14. The SMILES string of the molecule is CCOC(=O)CC(=Nc1ccc([N+](=O)[O-])cc1)NNc1c(Cl)cc(Cl)cc1Cl. The minimum absolute atomic E-state index is 0.0725. The molecule has 0 aliphatic heterocycles. The molecule has 0 heterocycles. The van der Waals surface area contributed by atoms with Crippen LogP contribution in [0.25, 0.3) is 0 Å². The number of carbonyl (C=O) groups excluding carboxylic acids is 1. The Kier molecular flexibility index (Phi) is 7.86. The Morgan fingerprint density at radius 1 is 1.18 bits per heavy atom. The highest BCUT2D eigenvalue weighted by Gasteiger charge is 2.12. The van der Waals surface area contributed by atoms with Gasteiger partial charge in [-0.2, -0.15) is 0 Å². The lowest BCUT2D eigenvalue weighted by Crippen LogP contribution is -2.32. The van der Waals surface area contributed by atoms with Gasteiger partial charge in [0.25, 0.3) is 5.69 Å². The number of hydrazine groups is 1. The highest BCUT2D eigenvalue weighted by atomic mass is 35.5. The molecule has 0 unspecified atom stereocenters. The van der Waals surface area contributed by atoms with Gasteiger partial charge in [-0.15, -0.1) is 0 Å². The van der Waals surface area contributed by atoms with E-state index < -0.39 is 10.9 Å². The van der Waals surface area contributed by atoms with Crippen LogP contribution < -0.4 is 10.9 Å². The molecule has 2 aromatic rings. The fourth-order valence-corrected chi connectivity index (χ4v) is 2.97. The lowest BCUT2D eigenvalue weighted by atomic mass is 10.3. The number of benzene rings is 2. The third-order valence-electron chi connectivity index (χ3n) is 3.28. The molecule has 148 valence electrons. The molecular formula is C17H15Cl3N4O4. The van der Waals surface area contributed by atoms with Crippen molar-refractivity contribution in [2.75, 3.05) is 12.0 Å². The fourth-order valence-electron chi connectivity index (χ4n) is 2.06. The summed E-state index contributed by atoms with van der Waals surface area (Å²) in [6.07, 6.45) is -0.180. The Morgan fingerprint density at radius 2 is 1.79 bits per heavy atom. The van der Waals surface area contributed by atoms with Crippen LogP contribution in [0.2, 0.25) is 15.1 Å². The van der Waals surface area contributed by atoms with Crippen LogP contribution in [-0.4, -0.2) is 23.3 Å². The topological polar surface area (TPSA) is 106 Å². The van der Waals surface area contributed by atoms with Crippen molar-refractivity contribution in [3.8, 4) is 0 Å². The van der Waals surface area contributed by atoms with Gasteiger partial charge in [0.2, 0.25) is 0 Å². The molecule has 0 spiro atoms. The van der Waals surface area contributed by atoms with Crippen molar-refractivity contribution >= 4 is 63.7 Å². The summed E-state index contributed by atoms with van der Waals surface area (Å²) in [6.45, 7) is 1.90. The van der Waals surface area contributed by atoms with Crippen molar-refractivity contribution in [3.63, 3.8) is 0 Å². The number of esters is 1. The van der Waals surface area contributed by atoms with Crippen molar-refractivity contribution in [2.45, 2.75) is 13.3 Å². The number of nitrogens with one attached hydrogen (secondary N) is 2. The molecule has 2 aromatic carbocycles. The average Bonchev–Trinajstić information content (AvgIpc) is 2.61. The largest absolute Gasteiger partial charge is 0.466 e. The first-order valence-corrected chi connectivity index (χ1v) is 9.07. The second kappa shape index (κ2) is 10.1. The first-order chi connectivity index (χ1) is 13.3. The fraction of sp³-hybridized carbons (Fsp3) is 0.176. The Morgan fingerprint density at radius 3 is 2.32 bits per heavy atom. The molecular weight excluding hydrogens is 431 g/mol. The zero-order valence-electron chi connectivity index (χ0n) is 14.5. The Hall–Kier alpha value is -2.55. The van der Waals surface area contributed by atoms with E-state index in [1.54, 1.807) is 6.92 Å². The molecule has 0 fully saturated rings. The lowest BCUT2D eigenvalue weighted by molar-refractivity contribution is -0.384. The Labute approximate surface area is 175 Å². The maximum absolute atomic E-state index is 11.8. The van der Waals surface area contributed by atoms with Crippen molar-refractivity contribution in [3.05, 3.63) is 61.6 Å². The zero-order valence-corrected chi connectivity index (χ0v) is 16.8. The van der Waals surface area contributed by atoms with Gasteiger partial charge in [-0.05, 0) is 31.2 Å². The molecule has 2 rings (SSSR count). The molecule has 0 bridgehead atoms. The summed E-state index contributed by atoms with van der Waals surface area (Å²) in [5.74, 6) is -0.319. The average molecular weight is 446 g/mol. The highest BCUT2D eigenvalue weighted by molar-refractivity contribution is 6.41. The quantitative estimate of drug-likeness (QED) is 0.201. The minimum atomic E-state index is -0.517. The molecule has 8 nitrogen and oxygen atoms in total. The van der Waals surface area contributed by atoms with Crippen LogP contribution in [-0.2, 0) is 9.53 Å². The van der Waals surface area contributed by atoms with Crippen LogP contribution in [0.15, 0.2) is 41.4 Å². The molecule has 0 aromatic heterocycles. The van der Waals surface area contributed by atoms with Gasteiger partial charge in [0.1, 0.15) is 12.3 Å². The second-order valence-corrected chi connectivity index (χ2v) is 6.56. The highest BCUT2D eigenvalue weighted by Crippen LogP contribution is 2.33. The number of ether oxygens (including phenoxy) is 1. The molecule has 0 saturated heterocycles. The molecule has 0 atom stereocenters. The van der Waals surface area contributed by atoms with Gasteiger partial charge in [-0.3, -0.25) is 25.8 Å². The van der Waals surface area contributed by atoms with E-state index in [0.29, 0.717) is 16.4 Å². The summed E-state index contributed by atoms with van der Waals surface area (Å²) in [5, 5.41) is 11.6. The number of amidine groups is 1. The van der Waals surface area contributed by atoms with Gasteiger partial charge < -0.3 is 4.74 Å². The number of halogens is 3. The van der Waals surface area contributed by atoms with E-state index >= 15 is 0 Å². The van der Waals surface area contributed by atoms with Crippen molar-refractivity contribution < 1.29 is 14.5 Å². The number of non-ortho nitro benzene ring substituents is 1. The number of nitrogens with zero attached hydrogens (tertiary/aromatic N) is 2. The predicted octanol–water partition coefficient (Wildman–Crippen LogP) is 5.15. The maximum atomic E-state index is 11.8. The summed E-state index contributed by atoms with van der Waals surface area (Å²) in [7, 11) is 0. The smallest absolute Gasteiger partial charge is 0.313 e. The Bertz CT molecular complexity index is 881. The number of hydrogen-bond donors (Lipinski definition) is 2. The van der Waals surface area contributed by atoms with Gasteiger partial charge in [0.05, 0.1) is 33.0 Å². The van der Waals surface area contributed by atoms with E-state index in [1.807, 2.05) is 0 Å². The van der Waals surface area contributed by atoms with Crippen LogP contribution in [0.4, 0.5) is 17.1 Å². The molecule has 0 amide bonds. The van der Waals surface area contributed by atoms with Gasteiger partial charge in [-0.1, -0.05) is 34.8 Å². The van der Waals surface area contributed by atoms with E-state index in [1.165, 1.54) is 36.4 Å². The summed E-state index contributed by atoms with van der Waals surface area (Å²) in [5.41, 5.74) is 6.22. The van der Waals surface area contributed by atoms with E-state index in [9.17, 15) is 14.9 Å². The molecule has 11 heteroatoms. The minimum Gasteiger partial charge on any atom is -0.466 e. The normalized spacial score (nSPS) is 11.1. The monoisotopic (exact) mass is 444 g/mol. The molecule has 0 radical (unpaired) electrons. The first-order valence-electron chi connectivity index (χ1n) is 7.94. The van der Waals surface area contributed by atoms with Crippen molar-refractivity contribution in [1.82, 2.24) is 5.43 Å². The van der Waals surface area contributed by atoms with Gasteiger partial charge in [0, 0.05) is 17.2 Å². The van der Waals surface area contributed by atoms with Crippen LogP contribution >= 0.6 is 34.8 Å². The van der Waals surface area contributed by atoms with Crippen LogP contribution in [0.5, 0.6) is 0 Å². The maximum Gasteiger partial charge on any atom is 0.313 e. The summed E-state index contributed by atoms with van der Waals surface area (Å²) in [6, 6.07) is 8.51. The summed E-state index contributed by atoms with van der Waals surface area (Å²) in [4.78, 5) is 26.4. The van der Waals surface area contributed by atoms with Gasteiger partial charge >= 0.3 is 5.97 Å². The van der Waals surface area contributed by atoms with E-state index in [0.717, 1.165) is 0 Å². The second-order valence-electron chi connectivity index (χ2n) is 5.31. The van der Waals surface area contributed by atoms with Crippen LogP contribution in [0.1, 0.15) is 13.3 Å². The Balaban J connectivity index is 2.24. The molecule has 0 saturated carbocycles. The third kappa shape index (κ3) is 6.26. The molecule has 2 N–H and O–H groups in total. The number of anilines is 1. The number of aliphatic imine (C=N–C) groups is 1. The first kappa shape index (κ1) is 21.7. The van der Waals surface area contributed by atoms with E-state index in [2.05, 4.69) is 15.8 Å². The predicted molar refractivity (Wildman–Crippen MR) is 110 cm³/mol. The zero-order chi connectivity index (χ0) is 20.7. The number of hydrogen-bond acceptors (Lipinski definition) is 6. The van der Waals surface area contributed by atoms with E-state index in [-0.39, 0.29) is 34.6 Å². The van der Waals surface area contributed by atoms with E-state index in [4.69, 9.17) is 39.5 Å². The van der Waals surface area contributed by atoms with Crippen molar-refractivity contribution in [1.29, 1.82) is 0 Å². The summed E-state index contributed by atoms with van der Waals surface area (Å²) >= 11 is 18.1. The van der Waals surface area contributed by atoms with Gasteiger partial charge in [0.15, 0.2) is 0 Å². The van der Waals surface area contributed by atoms with Crippen LogP contribution in [0.3, 0.4) is 0 Å². The van der Waals surface area contributed by atoms with Crippen molar-refractivity contribution in [2.24, 2.45) is 4.99 Å². The molecule has 0 aliphatic rings. The number of nitro groups is 1. The summed E-state index contributed by atoms with van der Waals surface area (Å²) < 4.78 is 4.93. The number of carbonyl (C=O) groups is 1.